The molecule has 7 heteroatoms. The first-order chi connectivity index (χ1) is 15.5. The smallest absolute Gasteiger partial charge is 0.414 e. The average molecular weight is 447 g/mol. The van der Waals surface area contributed by atoms with Crippen molar-refractivity contribution in [1.29, 1.82) is 0 Å². The van der Waals surface area contributed by atoms with Crippen LogP contribution in [0.5, 0.6) is 0 Å². The van der Waals surface area contributed by atoms with Crippen LogP contribution >= 0.6 is 0 Å². The van der Waals surface area contributed by atoms with Gasteiger partial charge in [-0.15, -0.1) is 0 Å². The highest BCUT2D eigenvalue weighted by Crippen LogP contribution is 2.18. The zero-order valence-electron chi connectivity index (χ0n) is 19.1. The summed E-state index contributed by atoms with van der Waals surface area (Å²) < 4.78 is 5.48. The molecule has 0 unspecified atom stereocenters. The molecule has 0 fully saturated rings. The molecule has 0 bridgehead atoms. The summed E-state index contributed by atoms with van der Waals surface area (Å²) in [6, 6.07) is 14.0. The number of aliphatic carboxylic acids is 1. The number of hydrogen-bond donors (Lipinski definition) is 2. The van der Waals surface area contributed by atoms with Gasteiger partial charge in [0.2, 0.25) is 0 Å². The van der Waals surface area contributed by atoms with Crippen molar-refractivity contribution in [3.05, 3.63) is 65.2 Å². The normalized spacial score (nSPS) is 10.1. The molecular weight excluding hydrogens is 420 g/mol. The molecule has 7 nitrogen and oxygen atoms in total. The first-order valence-electron chi connectivity index (χ1n) is 10.3. The number of carboxylic acid groups (broad SMARTS) is 1. The van der Waals surface area contributed by atoms with Gasteiger partial charge in [0.15, 0.2) is 0 Å². The Kier molecular flexibility index (Phi) is 8.65. The van der Waals surface area contributed by atoms with Crippen molar-refractivity contribution in [2.24, 2.45) is 0 Å². The van der Waals surface area contributed by atoms with Crippen LogP contribution in [-0.2, 0) is 14.3 Å². The second-order valence-electron chi connectivity index (χ2n) is 8.11. The van der Waals surface area contributed by atoms with Crippen LogP contribution in [0.25, 0.3) is 0 Å². The van der Waals surface area contributed by atoms with Crippen molar-refractivity contribution >= 4 is 23.7 Å². The van der Waals surface area contributed by atoms with Crippen LogP contribution in [0.4, 0.5) is 10.5 Å². The van der Waals surface area contributed by atoms with Gasteiger partial charge >= 0.3 is 12.1 Å². The molecule has 2 aromatic rings. The van der Waals surface area contributed by atoms with Gasteiger partial charge in [0.1, 0.15) is 5.60 Å². The zero-order chi connectivity index (χ0) is 24.4. The maximum absolute atomic E-state index is 12.7. The summed E-state index contributed by atoms with van der Waals surface area (Å²) in [6.07, 6.45) is -0.577. The van der Waals surface area contributed by atoms with Crippen LogP contribution < -0.4 is 10.2 Å². The number of hydrogen-bond acceptors (Lipinski definition) is 4. The standard InChI is InChI=1S/C26H26N2O5/c1-19-5-7-20(8-6-19)11-15-23(29)27-17-18-28(25(32)33-26(2,3)4)22-13-9-21(10-14-22)12-16-24(30)31/h5-10,13-14H,17-18H2,1-4H3,(H,27,29)(H,30,31). The fourth-order valence-electron chi connectivity index (χ4n) is 2.58. The maximum Gasteiger partial charge on any atom is 0.414 e. The Morgan fingerprint density at radius 3 is 2.03 bits per heavy atom. The summed E-state index contributed by atoms with van der Waals surface area (Å²) in [6.45, 7) is 7.55. The van der Waals surface area contributed by atoms with E-state index in [9.17, 15) is 14.4 Å². The van der Waals surface area contributed by atoms with E-state index in [-0.39, 0.29) is 13.1 Å². The van der Waals surface area contributed by atoms with E-state index in [0.29, 0.717) is 11.3 Å². The molecule has 0 aliphatic heterocycles. The molecule has 0 saturated heterocycles. The van der Waals surface area contributed by atoms with Crippen LogP contribution in [0.15, 0.2) is 48.5 Å². The Bertz CT molecular complexity index is 1120. The SMILES string of the molecule is Cc1ccc(C#CC(=O)NCCN(C(=O)OC(C)(C)C)c2ccc(C#CC(=O)O)cc2)cc1. The molecular formula is C26H26N2O5. The predicted molar refractivity (Wildman–Crippen MR) is 126 cm³/mol. The molecule has 2 aromatic carbocycles. The number of carbonyl (C=O) groups excluding carboxylic acids is 2. The molecule has 0 aromatic heterocycles. The van der Waals surface area contributed by atoms with Crippen molar-refractivity contribution < 1.29 is 24.2 Å². The number of nitrogens with zero attached hydrogens (tertiary/aromatic N) is 1. The van der Waals surface area contributed by atoms with Crippen molar-refractivity contribution in [1.82, 2.24) is 5.32 Å². The minimum Gasteiger partial charge on any atom is -0.472 e. The second-order valence-corrected chi connectivity index (χ2v) is 8.11. The zero-order valence-corrected chi connectivity index (χ0v) is 19.1. The van der Waals surface area contributed by atoms with Gasteiger partial charge in [-0.25, -0.2) is 9.59 Å². The van der Waals surface area contributed by atoms with Crippen LogP contribution in [0.1, 0.15) is 37.5 Å². The number of carboxylic acids is 1. The third kappa shape index (κ3) is 9.20. The molecule has 2 amide bonds. The predicted octanol–water partition coefficient (Wildman–Crippen LogP) is 3.34. The number of ether oxygens (including phenoxy) is 1. The fourth-order valence-corrected chi connectivity index (χ4v) is 2.58. The second kappa shape index (κ2) is 11.4. The number of anilines is 1. The highest BCUT2D eigenvalue weighted by Gasteiger charge is 2.23. The van der Waals surface area contributed by atoms with Crippen molar-refractivity contribution in [3.8, 4) is 23.7 Å². The van der Waals surface area contributed by atoms with Gasteiger partial charge < -0.3 is 15.2 Å². The summed E-state index contributed by atoms with van der Waals surface area (Å²) in [7, 11) is 0. The summed E-state index contributed by atoms with van der Waals surface area (Å²) in [5.41, 5.74) is 2.15. The van der Waals surface area contributed by atoms with E-state index in [1.807, 2.05) is 37.1 Å². The van der Waals surface area contributed by atoms with E-state index < -0.39 is 23.6 Å². The Balaban J connectivity index is 2.07. The lowest BCUT2D eigenvalue weighted by molar-refractivity contribution is -0.130. The molecule has 0 saturated carbocycles. The van der Waals surface area contributed by atoms with E-state index >= 15 is 0 Å². The maximum atomic E-state index is 12.7. The van der Waals surface area contributed by atoms with Gasteiger partial charge in [-0.1, -0.05) is 29.5 Å². The van der Waals surface area contributed by atoms with E-state index in [4.69, 9.17) is 9.84 Å². The number of amides is 2. The average Bonchev–Trinajstić information content (AvgIpc) is 2.74. The lowest BCUT2D eigenvalue weighted by atomic mass is 10.1. The Morgan fingerprint density at radius 2 is 1.48 bits per heavy atom. The van der Waals surface area contributed by atoms with Gasteiger partial charge in [-0.2, -0.15) is 0 Å². The third-order valence-electron chi connectivity index (χ3n) is 4.10. The minimum atomic E-state index is -1.23. The van der Waals surface area contributed by atoms with Gasteiger partial charge in [0.05, 0.1) is 0 Å². The first kappa shape index (κ1) is 25.0. The number of rotatable bonds is 4. The Hall–Kier alpha value is -4.23. The lowest BCUT2D eigenvalue weighted by Gasteiger charge is -2.27. The summed E-state index contributed by atoms with van der Waals surface area (Å²) in [4.78, 5) is 36.8. The monoisotopic (exact) mass is 446 g/mol. The van der Waals surface area contributed by atoms with Crippen LogP contribution in [0.2, 0.25) is 0 Å². The van der Waals surface area contributed by atoms with E-state index in [1.54, 1.807) is 45.0 Å². The molecule has 0 aliphatic rings. The minimum absolute atomic E-state index is 0.146. The van der Waals surface area contributed by atoms with Gasteiger partial charge in [0, 0.05) is 41.7 Å². The molecule has 0 aliphatic carbocycles. The highest BCUT2D eigenvalue weighted by atomic mass is 16.6. The number of carbonyl (C=O) groups is 3. The lowest BCUT2D eigenvalue weighted by Crippen LogP contribution is -2.41. The van der Waals surface area contributed by atoms with Gasteiger partial charge in [-0.3, -0.25) is 9.69 Å². The van der Waals surface area contributed by atoms with Crippen LogP contribution in [0.3, 0.4) is 0 Å². The van der Waals surface area contributed by atoms with Crippen molar-refractivity contribution in [2.75, 3.05) is 18.0 Å². The van der Waals surface area contributed by atoms with Gasteiger partial charge in [-0.05, 0) is 64.1 Å². The molecule has 2 rings (SSSR count). The third-order valence-corrected chi connectivity index (χ3v) is 4.10. The van der Waals surface area contributed by atoms with Crippen LogP contribution in [0, 0.1) is 30.6 Å². The summed E-state index contributed by atoms with van der Waals surface area (Å²) >= 11 is 0. The molecule has 170 valence electrons. The van der Waals surface area contributed by atoms with Gasteiger partial charge in [0.25, 0.3) is 5.91 Å². The number of benzene rings is 2. The number of aryl methyl sites for hydroxylation is 1. The Labute approximate surface area is 193 Å². The topological polar surface area (TPSA) is 95.9 Å². The quantitative estimate of drug-likeness (QED) is 0.703. The van der Waals surface area contributed by atoms with E-state index in [2.05, 4.69) is 23.1 Å². The molecule has 0 atom stereocenters. The van der Waals surface area contributed by atoms with Crippen LogP contribution in [-0.4, -0.2) is 41.8 Å². The molecule has 33 heavy (non-hydrogen) atoms. The highest BCUT2D eigenvalue weighted by molar-refractivity contribution is 5.94. The molecule has 0 radical (unpaired) electrons. The summed E-state index contributed by atoms with van der Waals surface area (Å²) in [5, 5.41) is 11.3. The molecule has 2 N–H and O–H groups in total. The Morgan fingerprint density at radius 1 is 0.939 bits per heavy atom. The van der Waals surface area contributed by atoms with E-state index in [0.717, 1.165) is 11.1 Å². The summed E-state index contributed by atoms with van der Waals surface area (Å²) in [5.74, 6) is 8.19. The molecule has 0 heterocycles. The van der Waals surface area contributed by atoms with Crippen molar-refractivity contribution in [3.63, 3.8) is 0 Å². The molecule has 0 spiro atoms. The first-order valence-corrected chi connectivity index (χ1v) is 10.3. The fraction of sp³-hybridized carbons (Fsp3) is 0.269. The number of nitrogens with one attached hydrogen (secondary N) is 1. The van der Waals surface area contributed by atoms with Crippen molar-refractivity contribution in [2.45, 2.75) is 33.3 Å². The van der Waals surface area contributed by atoms with E-state index in [1.165, 1.54) is 4.90 Å². The largest absolute Gasteiger partial charge is 0.472 e.